The van der Waals surface area contributed by atoms with Gasteiger partial charge in [0, 0.05) is 32.4 Å². The molecule has 1 saturated heterocycles. The topological polar surface area (TPSA) is 72.0 Å². The summed E-state index contributed by atoms with van der Waals surface area (Å²) in [4.78, 5) is 33.3. The van der Waals surface area contributed by atoms with Crippen LogP contribution in [0.3, 0.4) is 0 Å². The van der Waals surface area contributed by atoms with Crippen molar-refractivity contribution >= 4 is 17.7 Å². The summed E-state index contributed by atoms with van der Waals surface area (Å²) < 4.78 is 11.0. The van der Waals surface area contributed by atoms with Gasteiger partial charge in [0.25, 0.3) is 5.91 Å². The average Bonchev–Trinajstić information content (AvgIpc) is 3.05. The molecule has 1 atom stereocenters. The fourth-order valence-electron chi connectivity index (χ4n) is 3.82. The van der Waals surface area contributed by atoms with Crippen LogP contribution in [0.25, 0.3) is 0 Å². The maximum Gasteiger partial charge on any atom is 0.339 e. The van der Waals surface area contributed by atoms with Crippen LogP contribution in [0, 0.1) is 0 Å². The van der Waals surface area contributed by atoms with E-state index < -0.39 is 6.10 Å². The largest absolute Gasteiger partial charge is 0.481 e. The number of rotatable bonds is 6. The minimum absolute atomic E-state index is 0.0117. The second-order valence-electron chi connectivity index (χ2n) is 9.33. The van der Waals surface area contributed by atoms with Crippen molar-refractivity contribution in [2.45, 2.75) is 52.6 Å². The van der Waals surface area contributed by atoms with Gasteiger partial charge in [0.1, 0.15) is 11.6 Å². The van der Waals surface area contributed by atoms with Gasteiger partial charge in [-0.3, -0.25) is 4.79 Å². The third kappa shape index (κ3) is 6.46. The van der Waals surface area contributed by atoms with Crippen LogP contribution in [0.2, 0.25) is 0 Å². The lowest BCUT2D eigenvalue weighted by atomic mass is 9.87. The number of ether oxygens (including phenoxy) is 2. The number of hydrogen-bond acceptors (Lipinski definition) is 6. The third-order valence-corrected chi connectivity index (χ3v) is 5.77. The molecule has 33 heavy (non-hydrogen) atoms. The lowest BCUT2D eigenvalue weighted by Gasteiger charge is -2.25. The van der Waals surface area contributed by atoms with Crippen LogP contribution in [-0.2, 0) is 14.9 Å². The Bertz CT molecular complexity index is 936. The Hall–Kier alpha value is -3.09. The molecule has 3 rings (SSSR count). The molecule has 1 aliphatic heterocycles. The number of nitrogens with zero attached hydrogens (tertiary/aromatic N) is 3. The molecule has 1 fully saturated rings. The predicted molar refractivity (Wildman–Crippen MR) is 129 cm³/mol. The van der Waals surface area contributed by atoms with Gasteiger partial charge in [0.05, 0.1) is 12.2 Å². The maximum absolute atomic E-state index is 13.0. The molecular formula is C26H35N3O4. The number of hydrogen-bond donors (Lipinski definition) is 0. The van der Waals surface area contributed by atoms with E-state index in [1.54, 1.807) is 26.1 Å². The van der Waals surface area contributed by atoms with Crippen molar-refractivity contribution in [1.29, 1.82) is 0 Å². The Kier molecular flexibility index (Phi) is 7.95. The standard InChI is InChI=1S/C26H35N3O4/c1-6-32-25(31)20-8-13-23(27-18-20)28-14-7-15-29(17-16-28)24(30)19(2)33-22-11-9-21(10-12-22)26(3,4)5/h8-13,18-19H,6-7,14-17H2,1-5H3. The molecule has 1 amide bonds. The van der Waals surface area contributed by atoms with Crippen molar-refractivity contribution in [3.05, 3.63) is 53.7 Å². The second-order valence-corrected chi connectivity index (χ2v) is 9.33. The minimum atomic E-state index is -0.556. The first-order chi connectivity index (χ1) is 15.7. The van der Waals surface area contributed by atoms with Gasteiger partial charge < -0.3 is 19.3 Å². The first-order valence-corrected chi connectivity index (χ1v) is 11.6. The average molecular weight is 454 g/mol. The maximum atomic E-state index is 13.0. The highest BCUT2D eigenvalue weighted by Crippen LogP contribution is 2.25. The Morgan fingerprint density at radius 1 is 1.03 bits per heavy atom. The van der Waals surface area contributed by atoms with Gasteiger partial charge in [0.2, 0.25) is 0 Å². The van der Waals surface area contributed by atoms with E-state index in [1.807, 2.05) is 23.1 Å². The summed E-state index contributed by atoms with van der Waals surface area (Å²) in [5.41, 5.74) is 1.74. The van der Waals surface area contributed by atoms with Gasteiger partial charge in [-0.2, -0.15) is 0 Å². The third-order valence-electron chi connectivity index (χ3n) is 5.77. The number of carbonyl (C=O) groups is 2. The van der Waals surface area contributed by atoms with Gasteiger partial charge >= 0.3 is 5.97 Å². The molecule has 0 radical (unpaired) electrons. The van der Waals surface area contributed by atoms with Crippen LogP contribution in [0.4, 0.5) is 5.82 Å². The van der Waals surface area contributed by atoms with E-state index in [-0.39, 0.29) is 17.3 Å². The zero-order chi connectivity index (χ0) is 24.0. The molecule has 1 aromatic heterocycles. The van der Waals surface area contributed by atoms with Gasteiger partial charge in [-0.25, -0.2) is 9.78 Å². The first-order valence-electron chi connectivity index (χ1n) is 11.6. The fraction of sp³-hybridized carbons (Fsp3) is 0.500. The molecule has 0 N–H and O–H groups in total. The summed E-state index contributed by atoms with van der Waals surface area (Å²) in [7, 11) is 0. The monoisotopic (exact) mass is 453 g/mol. The number of aromatic nitrogens is 1. The zero-order valence-electron chi connectivity index (χ0n) is 20.3. The van der Waals surface area contributed by atoms with Crippen molar-refractivity contribution in [2.75, 3.05) is 37.7 Å². The minimum Gasteiger partial charge on any atom is -0.481 e. The molecule has 178 valence electrons. The summed E-state index contributed by atoms with van der Waals surface area (Å²) in [6.45, 7) is 13.1. The Morgan fingerprint density at radius 3 is 2.36 bits per heavy atom. The molecule has 0 aliphatic carbocycles. The van der Waals surface area contributed by atoms with E-state index >= 15 is 0 Å². The molecule has 7 heteroatoms. The number of carbonyl (C=O) groups excluding carboxylic acids is 2. The van der Waals surface area contributed by atoms with Crippen molar-refractivity contribution in [3.63, 3.8) is 0 Å². The molecule has 2 heterocycles. The molecule has 0 saturated carbocycles. The summed E-state index contributed by atoms with van der Waals surface area (Å²) in [5, 5.41) is 0. The number of esters is 1. The highest BCUT2D eigenvalue weighted by atomic mass is 16.5. The van der Waals surface area contributed by atoms with Crippen LogP contribution >= 0.6 is 0 Å². The summed E-state index contributed by atoms with van der Waals surface area (Å²) in [5.74, 6) is 1.11. The van der Waals surface area contributed by atoms with Gasteiger partial charge in [-0.15, -0.1) is 0 Å². The molecular weight excluding hydrogens is 418 g/mol. The van der Waals surface area contributed by atoms with E-state index in [9.17, 15) is 9.59 Å². The van der Waals surface area contributed by atoms with Crippen LogP contribution in [0.5, 0.6) is 5.75 Å². The molecule has 0 spiro atoms. The lowest BCUT2D eigenvalue weighted by molar-refractivity contribution is -0.137. The summed E-state index contributed by atoms with van der Waals surface area (Å²) in [6, 6.07) is 11.5. The Labute approximate surface area is 196 Å². The van der Waals surface area contributed by atoms with Crippen molar-refractivity contribution in [3.8, 4) is 5.75 Å². The first kappa shape index (κ1) is 24.6. The molecule has 1 unspecified atom stereocenters. The van der Waals surface area contributed by atoms with Crippen molar-refractivity contribution in [1.82, 2.24) is 9.88 Å². The normalized spacial score (nSPS) is 15.5. The van der Waals surface area contributed by atoms with E-state index in [0.29, 0.717) is 37.6 Å². The quantitative estimate of drug-likeness (QED) is 0.614. The SMILES string of the molecule is CCOC(=O)c1ccc(N2CCCN(C(=O)C(C)Oc3ccc(C(C)(C)C)cc3)CC2)nc1. The highest BCUT2D eigenvalue weighted by molar-refractivity contribution is 5.89. The van der Waals surface area contributed by atoms with Gasteiger partial charge in [-0.1, -0.05) is 32.9 Å². The van der Waals surface area contributed by atoms with Crippen molar-refractivity contribution < 1.29 is 19.1 Å². The Morgan fingerprint density at radius 2 is 1.76 bits per heavy atom. The number of anilines is 1. The van der Waals surface area contributed by atoms with E-state index in [0.717, 1.165) is 18.8 Å². The van der Waals surface area contributed by atoms with E-state index in [1.165, 1.54) is 5.56 Å². The van der Waals surface area contributed by atoms with Gasteiger partial charge in [0.15, 0.2) is 6.10 Å². The van der Waals surface area contributed by atoms with Crippen LogP contribution in [-0.4, -0.2) is 60.7 Å². The number of benzene rings is 1. The van der Waals surface area contributed by atoms with Crippen molar-refractivity contribution in [2.24, 2.45) is 0 Å². The second kappa shape index (κ2) is 10.7. The summed E-state index contributed by atoms with van der Waals surface area (Å²) in [6.07, 6.45) is 1.82. The van der Waals surface area contributed by atoms with Crippen LogP contribution < -0.4 is 9.64 Å². The van der Waals surface area contributed by atoms with Gasteiger partial charge in [-0.05, 0) is 55.5 Å². The van der Waals surface area contributed by atoms with Crippen LogP contribution in [0.15, 0.2) is 42.6 Å². The molecule has 0 bridgehead atoms. The van der Waals surface area contributed by atoms with E-state index in [4.69, 9.17) is 9.47 Å². The predicted octanol–water partition coefficient (Wildman–Crippen LogP) is 4.06. The lowest BCUT2D eigenvalue weighted by Crippen LogP contribution is -2.42. The smallest absolute Gasteiger partial charge is 0.339 e. The zero-order valence-corrected chi connectivity index (χ0v) is 20.3. The molecule has 1 aromatic carbocycles. The molecule has 2 aromatic rings. The number of pyridine rings is 1. The summed E-state index contributed by atoms with van der Waals surface area (Å²) >= 11 is 0. The fourth-order valence-corrected chi connectivity index (χ4v) is 3.82. The van der Waals surface area contributed by atoms with E-state index in [2.05, 4.69) is 42.8 Å². The number of amides is 1. The molecule has 1 aliphatic rings. The molecule has 7 nitrogen and oxygen atoms in total. The van der Waals surface area contributed by atoms with Crippen LogP contribution in [0.1, 0.15) is 57.0 Å². The Balaban J connectivity index is 1.56. The highest BCUT2D eigenvalue weighted by Gasteiger charge is 2.25.